The first kappa shape index (κ1) is 18.9. The maximum Gasteiger partial charge on any atom is 0.277 e. The van der Waals surface area contributed by atoms with Crippen LogP contribution >= 0.6 is 0 Å². The predicted octanol–water partition coefficient (Wildman–Crippen LogP) is 3.62. The van der Waals surface area contributed by atoms with Crippen LogP contribution in [0.5, 0.6) is 23.0 Å². The van der Waals surface area contributed by atoms with Crippen molar-refractivity contribution in [1.82, 2.24) is 0 Å². The topological polar surface area (TPSA) is 105 Å². The molecule has 0 spiro atoms. The molecule has 2 aromatic rings. The minimum atomic E-state index is -0.597. The number of allylic oxidation sites excluding steroid dienone is 1. The Hall–Kier alpha value is -3.45. The Morgan fingerprint density at radius 2 is 1.65 bits per heavy atom. The Balaban J connectivity index is 2.21. The van der Waals surface area contributed by atoms with E-state index in [-0.39, 0.29) is 46.7 Å². The summed E-state index contributed by atoms with van der Waals surface area (Å²) in [5.74, 6) is -1.26. The Kier molecular flexibility index (Phi) is 6.24. The third kappa shape index (κ3) is 4.55. The first-order chi connectivity index (χ1) is 12.5. The van der Waals surface area contributed by atoms with Gasteiger partial charge in [-0.1, -0.05) is 6.08 Å². The van der Waals surface area contributed by atoms with E-state index in [2.05, 4.69) is 6.58 Å². The molecule has 26 heavy (non-hydrogen) atoms. The summed E-state index contributed by atoms with van der Waals surface area (Å²) in [4.78, 5) is 22.2. The summed E-state index contributed by atoms with van der Waals surface area (Å²) >= 11 is 0. The number of aliphatic hydroxyl groups is 1. The zero-order valence-corrected chi connectivity index (χ0v) is 14.0. The van der Waals surface area contributed by atoms with Gasteiger partial charge in [0.05, 0.1) is 11.1 Å². The van der Waals surface area contributed by atoms with Crippen molar-refractivity contribution < 1.29 is 34.6 Å². The first-order valence-electron chi connectivity index (χ1n) is 7.60. The Bertz CT molecular complexity index is 840. The Labute approximate surface area is 149 Å². The van der Waals surface area contributed by atoms with Gasteiger partial charge in [-0.2, -0.15) is 4.89 Å². The van der Waals surface area contributed by atoms with Gasteiger partial charge in [0, 0.05) is 12.1 Å². The number of carbonyl (C=O) groups excluding carboxylic acids is 1. The van der Waals surface area contributed by atoms with Gasteiger partial charge in [0.25, 0.3) is 5.95 Å². The molecule has 2 rings (SSSR count). The standard InChI is InChI=1S/C19H18O7/c1-3-9-24-26-13-6-8-15(17(21)11-13)19(23)14-7-5-12(10-16(14)20)25-18(22)4-2/h3-8,10-11,20-22H,1,9H2,2H3/b18-4+. The van der Waals surface area contributed by atoms with Gasteiger partial charge in [-0.05, 0) is 37.3 Å². The van der Waals surface area contributed by atoms with E-state index in [1.54, 1.807) is 6.92 Å². The summed E-state index contributed by atoms with van der Waals surface area (Å²) in [6.45, 7) is 5.20. The van der Waals surface area contributed by atoms with Gasteiger partial charge >= 0.3 is 0 Å². The van der Waals surface area contributed by atoms with Gasteiger partial charge in [0.2, 0.25) is 0 Å². The van der Waals surface area contributed by atoms with Crippen LogP contribution in [0.4, 0.5) is 0 Å². The summed E-state index contributed by atoms with van der Waals surface area (Å²) in [7, 11) is 0. The normalized spacial score (nSPS) is 11.0. The lowest BCUT2D eigenvalue weighted by Crippen LogP contribution is -2.03. The molecule has 2 aromatic carbocycles. The summed E-state index contributed by atoms with van der Waals surface area (Å²) in [5.41, 5.74) is -0.0643. The quantitative estimate of drug-likeness (QED) is 0.165. The van der Waals surface area contributed by atoms with Crippen molar-refractivity contribution in [2.75, 3.05) is 6.61 Å². The molecule has 0 aliphatic carbocycles. The number of ketones is 1. The van der Waals surface area contributed by atoms with Crippen LogP contribution in [0.2, 0.25) is 0 Å². The van der Waals surface area contributed by atoms with Crippen LogP contribution < -0.4 is 9.62 Å². The molecule has 3 N–H and O–H groups in total. The zero-order chi connectivity index (χ0) is 19.1. The van der Waals surface area contributed by atoms with Crippen molar-refractivity contribution in [3.05, 3.63) is 72.2 Å². The maximum atomic E-state index is 12.5. The van der Waals surface area contributed by atoms with Gasteiger partial charge in [0.1, 0.15) is 23.9 Å². The number of rotatable bonds is 8. The molecule has 0 unspecified atom stereocenters. The summed E-state index contributed by atoms with van der Waals surface area (Å²) in [6, 6.07) is 7.92. The van der Waals surface area contributed by atoms with Crippen molar-refractivity contribution in [3.63, 3.8) is 0 Å². The summed E-state index contributed by atoms with van der Waals surface area (Å²) in [5, 5.41) is 29.4. The minimum Gasteiger partial charge on any atom is -0.507 e. The predicted molar refractivity (Wildman–Crippen MR) is 93.4 cm³/mol. The van der Waals surface area contributed by atoms with Crippen molar-refractivity contribution >= 4 is 5.78 Å². The van der Waals surface area contributed by atoms with E-state index in [1.165, 1.54) is 48.6 Å². The number of hydrogen-bond donors (Lipinski definition) is 3. The molecule has 0 saturated heterocycles. The number of aromatic hydroxyl groups is 2. The second kappa shape index (κ2) is 8.59. The number of aliphatic hydroxyl groups excluding tert-OH is 1. The molecule has 0 aromatic heterocycles. The number of phenolic OH excluding ortho intramolecular Hbond substituents is 2. The van der Waals surface area contributed by atoms with Crippen LogP contribution in [-0.4, -0.2) is 27.7 Å². The minimum absolute atomic E-state index is 0.0265. The van der Waals surface area contributed by atoms with Crippen LogP contribution in [-0.2, 0) is 4.89 Å². The molecule has 0 aliphatic rings. The second-order valence-electron chi connectivity index (χ2n) is 5.07. The van der Waals surface area contributed by atoms with E-state index < -0.39 is 5.78 Å². The number of benzene rings is 2. The highest BCUT2D eigenvalue weighted by atomic mass is 17.2. The van der Waals surface area contributed by atoms with Gasteiger partial charge in [-0.25, -0.2) is 0 Å². The lowest BCUT2D eigenvalue weighted by atomic mass is 10.0. The van der Waals surface area contributed by atoms with Crippen molar-refractivity contribution in [3.8, 4) is 23.0 Å². The van der Waals surface area contributed by atoms with Crippen LogP contribution in [0.15, 0.2) is 61.1 Å². The number of ether oxygens (including phenoxy) is 1. The molecular weight excluding hydrogens is 340 g/mol. The molecule has 0 fully saturated rings. The smallest absolute Gasteiger partial charge is 0.277 e. The van der Waals surface area contributed by atoms with Gasteiger partial charge < -0.3 is 24.9 Å². The van der Waals surface area contributed by atoms with Crippen LogP contribution in [0.25, 0.3) is 0 Å². The lowest BCUT2D eigenvalue weighted by molar-refractivity contribution is -0.195. The lowest BCUT2D eigenvalue weighted by Gasteiger charge is -2.10. The molecule has 136 valence electrons. The van der Waals surface area contributed by atoms with E-state index in [0.717, 1.165) is 0 Å². The second-order valence-corrected chi connectivity index (χ2v) is 5.07. The van der Waals surface area contributed by atoms with E-state index in [9.17, 15) is 20.1 Å². The van der Waals surface area contributed by atoms with E-state index >= 15 is 0 Å². The van der Waals surface area contributed by atoms with Gasteiger partial charge in [0.15, 0.2) is 11.5 Å². The van der Waals surface area contributed by atoms with E-state index in [0.29, 0.717) is 0 Å². The molecular formula is C19H18O7. The fraction of sp³-hybridized carbons (Fsp3) is 0.105. The molecule has 0 atom stereocenters. The number of carbonyl (C=O) groups is 1. The Morgan fingerprint density at radius 3 is 2.19 bits per heavy atom. The van der Waals surface area contributed by atoms with Gasteiger partial charge in [-0.3, -0.25) is 4.79 Å². The average molecular weight is 358 g/mol. The molecule has 0 bridgehead atoms. The van der Waals surface area contributed by atoms with E-state index in [4.69, 9.17) is 14.5 Å². The van der Waals surface area contributed by atoms with Crippen LogP contribution in [0, 0.1) is 0 Å². The highest BCUT2D eigenvalue weighted by Gasteiger charge is 2.18. The fourth-order valence-corrected chi connectivity index (χ4v) is 2.00. The molecule has 0 heterocycles. The zero-order valence-electron chi connectivity index (χ0n) is 14.0. The molecule has 0 saturated carbocycles. The third-order valence-electron chi connectivity index (χ3n) is 3.24. The third-order valence-corrected chi connectivity index (χ3v) is 3.24. The SMILES string of the molecule is C=CCOOc1ccc(C(=O)c2ccc(O/C(O)=C/C)cc2O)c(O)c1. The maximum absolute atomic E-state index is 12.5. The highest BCUT2D eigenvalue weighted by Crippen LogP contribution is 2.31. The molecule has 0 amide bonds. The summed E-state index contributed by atoms with van der Waals surface area (Å²) < 4.78 is 5.03. The average Bonchev–Trinajstić information content (AvgIpc) is 2.61. The monoisotopic (exact) mass is 358 g/mol. The fourth-order valence-electron chi connectivity index (χ4n) is 2.00. The van der Waals surface area contributed by atoms with Crippen molar-refractivity contribution in [2.45, 2.75) is 6.92 Å². The van der Waals surface area contributed by atoms with Crippen LogP contribution in [0.3, 0.4) is 0 Å². The van der Waals surface area contributed by atoms with Crippen molar-refractivity contribution in [1.29, 1.82) is 0 Å². The highest BCUT2D eigenvalue weighted by molar-refractivity contribution is 6.12. The van der Waals surface area contributed by atoms with Crippen molar-refractivity contribution in [2.24, 2.45) is 0 Å². The largest absolute Gasteiger partial charge is 0.507 e. The first-order valence-corrected chi connectivity index (χ1v) is 7.60. The van der Waals surface area contributed by atoms with Gasteiger partial charge in [-0.15, -0.1) is 6.58 Å². The number of phenols is 2. The molecule has 7 heteroatoms. The van der Waals surface area contributed by atoms with Crippen LogP contribution in [0.1, 0.15) is 22.8 Å². The Morgan fingerprint density at radius 1 is 1.08 bits per heavy atom. The molecule has 7 nitrogen and oxygen atoms in total. The van der Waals surface area contributed by atoms with E-state index in [1.807, 2.05) is 0 Å². The molecule has 0 aliphatic heterocycles. The summed E-state index contributed by atoms with van der Waals surface area (Å²) in [6.07, 6.45) is 2.82. The number of hydrogen-bond acceptors (Lipinski definition) is 7. The molecule has 0 radical (unpaired) electrons.